The van der Waals surface area contributed by atoms with Crippen LogP contribution in [-0.4, -0.2) is 26.0 Å². The maximum atomic E-state index is 10.8. The van der Waals surface area contributed by atoms with Gasteiger partial charge in [0.1, 0.15) is 12.0 Å². The lowest BCUT2D eigenvalue weighted by Gasteiger charge is -2.11. The summed E-state index contributed by atoms with van der Waals surface area (Å²) in [6, 6.07) is 6.27. The summed E-state index contributed by atoms with van der Waals surface area (Å²) >= 11 is 1.43. The van der Waals surface area contributed by atoms with E-state index in [-0.39, 0.29) is 5.56 Å². The molecular weight excluding hydrogens is 316 g/mol. The van der Waals surface area contributed by atoms with Crippen molar-refractivity contribution in [3.05, 3.63) is 47.7 Å². The van der Waals surface area contributed by atoms with Gasteiger partial charge in [-0.25, -0.2) is 19.7 Å². The number of carboxylic acids is 1. The molecule has 0 aliphatic heterocycles. The molecule has 3 aromatic rings. The molecule has 0 fully saturated rings. The number of aromatic nitrogens is 3. The molecule has 0 amide bonds. The molecule has 0 bridgehead atoms. The van der Waals surface area contributed by atoms with Crippen LogP contribution in [0.1, 0.15) is 10.4 Å². The Kier molecular flexibility index (Phi) is 4.02. The van der Waals surface area contributed by atoms with Crippen LogP contribution in [0.25, 0.3) is 0 Å². The Balaban J connectivity index is 1.81. The molecule has 5 N–H and O–H groups in total. The number of benzene rings is 1. The summed E-state index contributed by atoms with van der Waals surface area (Å²) in [5, 5.41) is 17.5. The summed E-state index contributed by atoms with van der Waals surface area (Å²) in [6.45, 7) is 0. The first-order valence-corrected chi connectivity index (χ1v) is 7.39. The van der Waals surface area contributed by atoms with E-state index >= 15 is 0 Å². The molecule has 0 unspecified atom stereocenters. The van der Waals surface area contributed by atoms with Crippen LogP contribution in [0.4, 0.5) is 28.1 Å². The van der Waals surface area contributed by atoms with Crippen molar-refractivity contribution in [1.29, 1.82) is 0 Å². The Morgan fingerprint density at radius 3 is 2.39 bits per heavy atom. The molecule has 8 nitrogen and oxygen atoms in total. The number of nitrogens with zero attached hydrogens (tertiary/aromatic N) is 3. The molecule has 2 aromatic heterocycles. The average Bonchev–Trinajstić information content (AvgIpc) is 3.05. The minimum Gasteiger partial charge on any atom is -0.478 e. The highest BCUT2D eigenvalue weighted by atomic mass is 32.1. The fourth-order valence-corrected chi connectivity index (χ4v) is 2.34. The zero-order valence-corrected chi connectivity index (χ0v) is 12.5. The SMILES string of the molecule is Nc1c(Nc2ccc(C(=O)O)cc2)ncnc1Nc1nccs1. The number of anilines is 5. The number of thiazole rings is 1. The third-order valence-corrected chi connectivity index (χ3v) is 3.62. The van der Waals surface area contributed by atoms with Crippen LogP contribution in [0.15, 0.2) is 42.2 Å². The standard InChI is InChI=1S/C14H12N6O2S/c15-10-11(19-9-3-1-8(2-4-9)13(21)22)17-7-18-12(10)20-14-16-5-6-23-14/h1-7H,15H2,(H,21,22)(H2,16,17,18,19,20). The monoisotopic (exact) mass is 328 g/mol. The van der Waals surface area contributed by atoms with E-state index in [1.165, 1.54) is 29.8 Å². The normalized spacial score (nSPS) is 10.3. The second-order valence-corrected chi connectivity index (χ2v) is 5.35. The summed E-state index contributed by atoms with van der Waals surface area (Å²) < 4.78 is 0. The van der Waals surface area contributed by atoms with Crippen LogP contribution in [0.5, 0.6) is 0 Å². The molecular formula is C14H12N6O2S. The Morgan fingerprint density at radius 2 is 1.78 bits per heavy atom. The van der Waals surface area contributed by atoms with E-state index in [0.717, 1.165) is 0 Å². The van der Waals surface area contributed by atoms with Gasteiger partial charge >= 0.3 is 5.97 Å². The van der Waals surface area contributed by atoms with E-state index in [1.807, 2.05) is 5.38 Å². The molecule has 0 aliphatic rings. The van der Waals surface area contributed by atoms with Crippen LogP contribution in [-0.2, 0) is 0 Å². The van der Waals surface area contributed by atoms with Gasteiger partial charge in [0.25, 0.3) is 0 Å². The Morgan fingerprint density at radius 1 is 1.09 bits per heavy atom. The number of carboxylic acid groups (broad SMARTS) is 1. The molecule has 2 heterocycles. The highest BCUT2D eigenvalue weighted by molar-refractivity contribution is 7.13. The van der Waals surface area contributed by atoms with Gasteiger partial charge in [-0.3, -0.25) is 0 Å². The maximum absolute atomic E-state index is 10.8. The number of rotatable bonds is 5. The van der Waals surface area contributed by atoms with E-state index in [9.17, 15) is 4.79 Å². The molecule has 3 rings (SSSR count). The molecule has 0 saturated heterocycles. The summed E-state index contributed by atoms with van der Waals surface area (Å²) in [5.41, 5.74) is 7.27. The van der Waals surface area contributed by atoms with E-state index in [4.69, 9.17) is 10.8 Å². The van der Waals surface area contributed by atoms with Gasteiger partial charge in [-0.15, -0.1) is 11.3 Å². The smallest absolute Gasteiger partial charge is 0.335 e. The molecule has 9 heteroatoms. The summed E-state index contributed by atoms with van der Waals surface area (Å²) in [4.78, 5) is 23.1. The molecule has 0 atom stereocenters. The first kappa shape index (κ1) is 14.7. The largest absolute Gasteiger partial charge is 0.478 e. The number of nitrogens with one attached hydrogen (secondary N) is 2. The van der Waals surface area contributed by atoms with Crippen LogP contribution >= 0.6 is 11.3 Å². The number of hydrogen-bond donors (Lipinski definition) is 4. The molecule has 116 valence electrons. The van der Waals surface area contributed by atoms with Crippen molar-refractivity contribution in [3.63, 3.8) is 0 Å². The van der Waals surface area contributed by atoms with Crippen molar-refractivity contribution >= 4 is 45.4 Å². The minimum atomic E-state index is -0.979. The van der Waals surface area contributed by atoms with Crippen molar-refractivity contribution < 1.29 is 9.90 Å². The lowest BCUT2D eigenvalue weighted by atomic mass is 10.2. The van der Waals surface area contributed by atoms with Crippen molar-refractivity contribution in [2.75, 3.05) is 16.4 Å². The van der Waals surface area contributed by atoms with Gasteiger partial charge in [0.05, 0.1) is 5.56 Å². The zero-order valence-electron chi connectivity index (χ0n) is 11.7. The zero-order chi connectivity index (χ0) is 16.2. The van der Waals surface area contributed by atoms with Gasteiger partial charge in [-0.2, -0.15) is 0 Å². The molecule has 0 saturated carbocycles. The molecule has 23 heavy (non-hydrogen) atoms. The third-order valence-electron chi connectivity index (χ3n) is 2.94. The number of carbonyl (C=O) groups is 1. The highest BCUT2D eigenvalue weighted by Gasteiger charge is 2.10. The van der Waals surface area contributed by atoms with Gasteiger partial charge < -0.3 is 21.5 Å². The lowest BCUT2D eigenvalue weighted by Crippen LogP contribution is -2.05. The quantitative estimate of drug-likeness (QED) is 0.563. The Hall–Kier alpha value is -3.20. The fourth-order valence-electron chi connectivity index (χ4n) is 1.81. The third kappa shape index (κ3) is 3.35. The van der Waals surface area contributed by atoms with E-state index in [1.54, 1.807) is 18.3 Å². The average molecular weight is 328 g/mol. The Labute approximate surface area is 135 Å². The van der Waals surface area contributed by atoms with Gasteiger partial charge in [-0.05, 0) is 24.3 Å². The maximum Gasteiger partial charge on any atom is 0.335 e. The van der Waals surface area contributed by atoms with E-state index < -0.39 is 5.97 Å². The van der Waals surface area contributed by atoms with E-state index in [0.29, 0.717) is 28.1 Å². The lowest BCUT2D eigenvalue weighted by molar-refractivity contribution is 0.0697. The van der Waals surface area contributed by atoms with Crippen LogP contribution in [0, 0.1) is 0 Å². The van der Waals surface area contributed by atoms with E-state index in [2.05, 4.69) is 25.6 Å². The minimum absolute atomic E-state index is 0.206. The Bertz CT molecular complexity index is 820. The first-order chi connectivity index (χ1) is 11.1. The molecule has 0 spiro atoms. The van der Waals surface area contributed by atoms with Gasteiger partial charge in [0.15, 0.2) is 16.8 Å². The van der Waals surface area contributed by atoms with Crippen molar-refractivity contribution in [3.8, 4) is 0 Å². The first-order valence-electron chi connectivity index (χ1n) is 6.51. The van der Waals surface area contributed by atoms with Crippen LogP contribution < -0.4 is 16.4 Å². The van der Waals surface area contributed by atoms with Crippen molar-refractivity contribution in [2.24, 2.45) is 0 Å². The summed E-state index contributed by atoms with van der Waals surface area (Å²) in [5.74, 6) is -0.116. The van der Waals surface area contributed by atoms with Crippen molar-refractivity contribution in [2.45, 2.75) is 0 Å². The highest BCUT2D eigenvalue weighted by Crippen LogP contribution is 2.28. The molecule has 0 aliphatic carbocycles. The summed E-state index contributed by atoms with van der Waals surface area (Å²) in [6.07, 6.45) is 3.05. The summed E-state index contributed by atoms with van der Waals surface area (Å²) in [7, 11) is 0. The van der Waals surface area contributed by atoms with Gasteiger partial charge in [0.2, 0.25) is 0 Å². The van der Waals surface area contributed by atoms with Crippen LogP contribution in [0.2, 0.25) is 0 Å². The predicted molar refractivity (Wildman–Crippen MR) is 88.5 cm³/mol. The predicted octanol–water partition coefficient (Wildman–Crippen LogP) is 2.70. The second kappa shape index (κ2) is 6.28. The van der Waals surface area contributed by atoms with Crippen LogP contribution in [0.3, 0.4) is 0 Å². The number of aromatic carboxylic acids is 1. The van der Waals surface area contributed by atoms with Gasteiger partial charge in [-0.1, -0.05) is 0 Å². The number of hydrogen-bond acceptors (Lipinski definition) is 8. The molecule has 1 aromatic carbocycles. The second-order valence-electron chi connectivity index (χ2n) is 4.45. The number of nitrogens with two attached hydrogens (primary N) is 1. The molecule has 0 radical (unpaired) electrons. The topological polar surface area (TPSA) is 126 Å². The van der Waals surface area contributed by atoms with Gasteiger partial charge in [0, 0.05) is 17.3 Å². The number of nitrogen functional groups attached to an aromatic ring is 1. The van der Waals surface area contributed by atoms with Crippen molar-refractivity contribution in [1.82, 2.24) is 15.0 Å². The fraction of sp³-hybridized carbons (Fsp3) is 0.